The van der Waals surface area contributed by atoms with Crippen LogP contribution >= 0.6 is 47.8 Å². The molecule has 5 heteroatoms. The van der Waals surface area contributed by atoms with Crippen LogP contribution in [0.1, 0.15) is 18.4 Å². The Hall–Kier alpha value is -1.69. The highest BCUT2D eigenvalue weighted by atomic mass is 79.9. The Labute approximate surface area is 199 Å². The monoisotopic (exact) mass is 586 g/mol. The molecule has 0 saturated heterocycles. The highest BCUT2D eigenvalue weighted by Crippen LogP contribution is 2.46. The quantitative estimate of drug-likeness (QED) is 0.119. The van der Waals surface area contributed by atoms with Crippen molar-refractivity contribution in [1.29, 1.82) is 0 Å². The Kier molecular flexibility index (Phi) is 5.24. The standard InChI is InChI=1S/C25H17Br3O2/c1-30-21(29)4-2-3-13-5-6-14-15-7-10-18(26)16-8-11-20(28)25(23(15)16)17-9-12-19(27)22(13)24(14)17/h5-12H,2-4H2,1H3. The Morgan fingerprint density at radius 3 is 2.00 bits per heavy atom. The van der Waals surface area contributed by atoms with E-state index < -0.39 is 0 Å². The van der Waals surface area contributed by atoms with Crippen molar-refractivity contribution >= 4 is 96.8 Å². The van der Waals surface area contributed by atoms with Gasteiger partial charge in [-0.25, -0.2) is 0 Å². The molecule has 0 N–H and O–H groups in total. The number of benzene rings is 5. The number of halogens is 3. The second-order valence-corrected chi connectivity index (χ2v) is 10.0. The first kappa shape index (κ1) is 20.2. The van der Waals surface area contributed by atoms with Crippen LogP contribution in [-0.2, 0) is 16.0 Å². The van der Waals surface area contributed by atoms with Crippen LogP contribution < -0.4 is 0 Å². The van der Waals surface area contributed by atoms with Crippen LogP contribution in [0.2, 0.25) is 0 Å². The number of carbonyl (C=O) groups excluding carboxylic acids is 1. The van der Waals surface area contributed by atoms with Gasteiger partial charge in [-0.1, -0.05) is 78.1 Å². The summed E-state index contributed by atoms with van der Waals surface area (Å²) in [5.41, 5.74) is 1.25. The number of ether oxygens (including phenoxy) is 1. The topological polar surface area (TPSA) is 26.3 Å². The Morgan fingerprint density at radius 2 is 1.27 bits per heavy atom. The molecule has 30 heavy (non-hydrogen) atoms. The van der Waals surface area contributed by atoms with Crippen LogP contribution in [0.15, 0.2) is 61.9 Å². The van der Waals surface area contributed by atoms with Crippen LogP contribution in [0.25, 0.3) is 43.1 Å². The van der Waals surface area contributed by atoms with Crippen LogP contribution in [0.3, 0.4) is 0 Å². The molecule has 0 bridgehead atoms. The lowest BCUT2D eigenvalue weighted by molar-refractivity contribution is -0.140. The zero-order valence-corrected chi connectivity index (χ0v) is 20.9. The van der Waals surface area contributed by atoms with Gasteiger partial charge in [0.25, 0.3) is 0 Å². The third-order valence-electron chi connectivity index (χ3n) is 5.89. The molecule has 150 valence electrons. The maximum absolute atomic E-state index is 11.6. The highest BCUT2D eigenvalue weighted by molar-refractivity contribution is 9.11. The lowest BCUT2D eigenvalue weighted by Crippen LogP contribution is -2.01. The fourth-order valence-electron chi connectivity index (χ4n) is 4.56. The number of carbonyl (C=O) groups is 1. The highest BCUT2D eigenvalue weighted by Gasteiger charge is 2.18. The van der Waals surface area contributed by atoms with Crippen LogP contribution in [0, 0.1) is 0 Å². The molecular weight excluding hydrogens is 572 g/mol. The third-order valence-corrected chi connectivity index (χ3v) is 7.90. The molecule has 0 saturated carbocycles. The fraction of sp³-hybridized carbons (Fsp3) is 0.160. The summed E-state index contributed by atoms with van der Waals surface area (Å²) < 4.78 is 8.08. The van der Waals surface area contributed by atoms with Gasteiger partial charge in [0.1, 0.15) is 0 Å². The van der Waals surface area contributed by atoms with Crippen molar-refractivity contribution in [1.82, 2.24) is 0 Å². The summed E-state index contributed by atoms with van der Waals surface area (Å²) in [6.07, 6.45) is 2.02. The molecule has 2 nitrogen and oxygen atoms in total. The van der Waals surface area contributed by atoms with E-state index in [1.807, 2.05) is 0 Å². The van der Waals surface area contributed by atoms with E-state index in [1.54, 1.807) is 0 Å². The second-order valence-electron chi connectivity index (χ2n) is 7.49. The largest absolute Gasteiger partial charge is 0.469 e. The van der Waals surface area contributed by atoms with E-state index in [0.717, 1.165) is 26.3 Å². The molecule has 0 aromatic heterocycles. The summed E-state index contributed by atoms with van der Waals surface area (Å²) in [7, 11) is 1.44. The summed E-state index contributed by atoms with van der Waals surface area (Å²) in [5.74, 6) is -0.160. The van der Waals surface area contributed by atoms with E-state index in [0.29, 0.717) is 6.42 Å². The van der Waals surface area contributed by atoms with Crippen molar-refractivity contribution in [3.05, 3.63) is 67.5 Å². The summed E-state index contributed by atoms with van der Waals surface area (Å²) in [6.45, 7) is 0. The molecule has 5 rings (SSSR count). The van der Waals surface area contributed by atoms with Gasteiger partial charge in [0, 0.05) is 30.6 Å². The van der Waals surface area contributed by atoms with Gasteiger partial charge in [0.15, 0.2) is 0 Å². The Balaban J connectivity index is 1.87. The van der Waals surface area contributed by atoms with Crippen molar-refractivity contribution in [3.63, 3.8) is 0 Å². The normalized spacial score (nSPS) is 11.9. The minimum absolute atomic E-state index is 0.160. The molecule has 0 radical (unpaired) electrons. The first-order valence-corrected chi connectivity index (χ1v) is 12.1. The first-order chi connectivity index (χ1) is 14.5. The number of esters is 1. The van der Waals surface area contributed by atoms with Crippen molar-refractivity contribution in [2.75, 3.05) is 7.11 Å². The summed E-state index contributed by atoms with van der Waals surface area (Å²) >= 11 is 11.3. The summed E-state index contributed by atoms with van der Waals surface area (Å²) in [4.78, 5) is 11.6. The van der Waals surface area contributed by atoms with E-state index in [2.05, 4.69) is 96.3 Å². The lowest BCUT2D eigenvalue weighted by atomic mass is 9.87. The van der Waals surface area contributed by atoms with E-state index in [-0.39, 0.29) is 5.97 Å². The molecule has 0 spiro atoms. The van der Waals surface area contributed by atoms with Gasteiger partial charge in [-0.3, -0.25) is 4.79 Å². The second kappa shape index (κ2) is 7.77. The zero-order chi connectivity index (χ0) is 21.0. The molecule has 0 amide bonds. The predicted molar refractivity (Wildman–Crippen MR) is 136 cm³/mol. The Bertz CT molecular complexity index is 1460. The number of hydrogen-bond acceptors (Lipinski definition) is 2. The molecule has 5 aromatic rings. The van der Waals surface area contributed by atoms with E-state index in [9.17, 15) is 4.79 Å². The summed E-state index contributed by atoms with van der Waals surface area (Å²) in [6, 6.07) is 17.4. The van der Waals surface area contributed by atoms with Gasteiger partial charge >= 0.3 is 5.97 Å². The lowest BCUT2D eigenvalue weighted by Gasteiger charge is -2.18. The van der Waals surface area contributed by atoms with Gasteiger partial charge in [-0.2, -0.15) is 0 Å². The molecule has 0 heterocycles. The average molecular weight is 589 g/mol. The molecule has 0 unspecified atom stereocenters. The minimum atomic E-state index is -0.160. The van der Waals surface area contributed by atoms with Crippen molar-refractivity contribution in [2.24, 2.45) is 0 Å². The minimum Gasteiger partial charge on any atom is -0.469 e. The predicted octanol–water partition coefficient (Wildman–Crippen LogP) is 8.52. The number of hydrogen-bond donors (Lipinski definition) is 0. The molecule has 0 aliphatic heterocycles. The number of methoxy groups -OCH3 is 1. The van der Waals surface area contributed by atoms with Gasteiger partial charge in [0.2, 0.25) is 0 Å². The van der Waals surface area contributed by atoms with Crippen molar-refractivity contribution in [2.45, 2.75) is 19.3 Å². The summed E-state index contributed by atoms with van der Waals surface area (Å²) in [5, 5.41) is 9.96. The average Bonchev–Trinajstić information content (AvgIpc) is 2.75. The van der Waals surface area contributed by atoms with Crippen molar-refractivity contribution < 1.29 is 9.53 Å². The van der Waals surface area contributed by atoms with Crippen molar-refractivity contribution in [3.8, 4) is 0 Å². The molecule has 0 fully saturated rings. The van der Waals surface area contributed by atoms with E-state index in [4.69, 9.17) is 4.74 Å². The molecule has 0 aliphatic carbocycles. The number of fused-ring (bicyclic) bond motifs is 2. The SMILES string of the molecule is COC(=O)CCCc1ccc2c3ccc(Br)c4ccc(Br)c(c5ccc(Br)c1c25)c43. The third kappa shape index (κ3) is 3.05. The first-order valence-electron chi connectivity index (χ1n) is 9.73. The fourth-order valence-corrected chi connectivity index (χ4v) is 6.15. The number of aryl methyl sites for hydroxylation is 1. The van der Waals surface area contributed by atoms with Crippen LogP contribution in [0.5, 0.6) is 0 Å². The van der Waals surface area contributed by atoms with E-state index >= 15 is 0 Å². The molecule has 5 aromatic carbocycles. The molecule has 0 atom stereocenters. The Morgan fingerprint density at radius 1 is 0.700 bits per heavy atom. The van der Waals surface area contributed by atoms with E-state index in [1.165, 1.54) is 55.8 Å². The maximum atomic E-state index is 11.6. The number of rotatable bonds is 4. The van der Waals surface area contributed by atoms with Gasteiger partial charge in [-0.05, 0) is 68.9 Å². The maximum Gasteiger partial charge on any atom is 0.305 e. The smallest absolute Gasteiger partial charge is 0.305 e. The van der Waals surface area contributed by atoms with Gasteiger partial charge in [-0.15, -0.1) is 0 Å². The molecule has 0 aliphatic rings. The van der Waals surface area contributed by atoms with Crippen LogP contribution in [-0.4, -0.2) is 13.1 Å². The van der Waals surface area contributed by atoms with Gasteiger partial charge < -0.3 is 4.74 Å². The molecular formula is C25H17Br3O2. The van der Waals surface area contributed by atoms with Gasteiger partial charge in [0.05, 0.1) is 7.11 Å². The van der Waals surface area contributed by atoms with Crippen LogP contribution in [0.4, 0.5) is 0 Å². The zero-order valence-electron chi connectivity index (χ0n) is 16.2.